The summed E-state index contributed by atoms with van der Waals surface area (Å²) in [5.41, 5.74) is 11.5. The molecule has 0 saturated carbocycles. The fraction of sp³-hybridized carbons (Fsp3) is 0.167. The summed E-state index contributed by atoms with van der Waals surface area (Å²) in [5.74, 6) is -0.802. The Morgan fingerprint density at radius 3 is 2.68 bits per heavy atom. The van der Waals surface area contributed by atoms with Crippen LogP contribution < -0.4 is 16.8 Å². The molecule has 7 heteroatoms. The van der Waals surface area contributed by atoms with Crippen molar-refractivity contribution in [1.29, 1.82) is 0 Å². The van der Waals surface area contributed by atoms with Gasteiger partial charge in [-0.25, -0.2) is 0 Å². The monoisotopic (exact) mass is 295 g/mol. The third kappa shape index (κ3) is 2.77. The third-order valence-electron chi connectivity index (χ3n) is 2.51. The Labute approximate surface area is 118 Å². The molecule has 2 aromatic heterocycles. The summed E-state index contributed by atoms with van der Waals surface area (Å²) in [6, 6.07) is 3.92. The van der Waals surface area contributed by atoms with E-state index in [0.29, 0.717) is 16.4 Å². The summed E-state index contributed by atoms with van der Waals surface area (Å²) < 4.78 is 0. The van der Waals surface area contributed by atoms with E-state index in [4.69, 9.17) is 11.5 Å². The van der Waals surface area contributed by atoms with Crippen molar-refractivity contribution >= 4 is 45.1 Å². The molecule has 0 saturated heterocycles. The summed E-state index contributed by atoms with van der Waals surface area (Å²) in [6.45, 7) is 1.98. The average Bonchev–Trinajstić information content (AvgIpc) is 2.93. The van der Waals surface area contributed by atoms with Crippen LogP contribution >= 0.6 is 22.7 Å². The number of nitrogen functional groups attached to an aromatic ring is 1. The molecule has 0 aliphatic rings. The molecule has 0 unspecified atom stereocenters. The van der Waals surface area contributed by atoms with Crippen LogP contribution in [-0.4, -0.2) is 11.7 Å². The zero-order valence-corrected chi connectivity index (χ0v) is 11.9. The minimum absolute atomic E-state index is 0.165. The summed E-state index contributed by atoms with van der Waals surface area (Å²) in [5, 5.41) is 5.62. The van der Waals surface area contributed by atoms with Crippen LogP contribution in [0.4, 0.5) is 10.7 Å². The van der Waals surface area contributed by atoms with Crippen molar-refractivity contribution in [3.05, 3.63) is 32.8 Å². The van der Waals surface area contributed by atoms with Gasteiger partial charge in [0.1, 0.15) is 5.00 Å². The molecule has 2 rings (SSSR count). The van der Waals surface area contributed by atoms with Gasteiger partial charge >= 0.3 is 0 Å². The fourth-order valence-corrected chi connectivity index (χ4v) is 3.32. The van der Waals surface area contributed by atoms with Crippen LogP contribution in [0.1, 0.15) is 31.8 Å². The second-order valence-electron chi connectivity index (χ2n) is 3.90. The predicted octanol–water partition coefficient (Wildman–Crippen LogP) is 2.31. The van der Waals surface area contributed by atoms with Crippen LogP contribution in [0.15, 0.2) is 17.5 Å². The molecule has 0 radical (unpaired) electrons. The van der Waals surface area contributed by atoms with E-state index < -0.39 is 5.91 Å². The number of carbonyl (C=O) groups is 2. The van der Waals surface area contributed by atoms with Gasteiger partial charge < -0.3 is 16.8 Å². The van der Waals surface area contributed by atoms with Crippen molar-refractivity contribution in [2.45, 2.75) is 13.5 Å². The fourth-order valence-electron chi connectivity index (χ4n) is 1.66. The highest BCUT2D eigenvalue weighted by Gasteiger charge is 2.22. The first kappa shape index (κ1) is 13.6. The van der Waals surface area contributed by atoms with Crippen LogP contribution in [0, 0.1) is 0 Å². The highest BCUT2D eigenvalue weighted by Crippen LogP contribution is 2.36. The molecular formula is C12H13N3O2S2. The molecule has 0 atom stereocenters. The van der Waals surface area contributed by atoms with Crippen LogP contribution in [-0.2, 0) is 6.54 Å². The van der Waals surface area contributed by atoms with E-state index in [1.165, 1.54) is 6.92 Å². The third-order valence-corrected chi connectivity index (χ3v) is 4.66. The molecule has 1 amide bonds. The van der Waals surface area contributed by atoms with Crippen molar-refractivity contribution in [2.24, 2.45) is 5.73 Å². The predicted molar refractivity (Wildman–Crippen MR) is 78.9 cm³/mol. The number of hydrogen-bond donors (Lipinski definition) is 3. The highest BCUT2D eigenvalue weighted by atomic mass is 32.1. The number of hydrogen-bond acceptors (Lipinski definition) is 6. The quantitative estimate of drug-likeness (QED) is 0.737. The highest BCUT2D eigenvalue weighted by molar-refractivity contribution is 7.19. The Kier molecular flexibility index (Phi) is 3.87. The second kappa shape index (κ2) is 5.41. The summed E-state index contributed by atoms with van der Waals surface area (Å²) >= 11 is 2.76. The lowest BCUT2D eigenvalue weighted by atomic mass is 10.2. The first-order chi connectivity index (χ1) is 9.00. The van der Waals surface area contributed by atoms with Gasteiger partial charge in [-0.1, -0.05) is 6.07 Å². The smallest absolute Gasteiger partial charge is 0.253 e. The first-order valence-corrected chi connectivity index (χ1v) is 7.19. The molecule has 19 heavy (non-hydrogen) atoms. The van der Waals surface area contributed by atoms with Crippen LogP contribution in [0.5, 0.6) is 0 Å². The Morgan fingerprint density at radius 2 is 2.16 bits per heavy atom. The molecule has 100 valence electrons. The minimum atomic E-state index is -0.630. The molecule has 0 fully saturated rings. The van der Waals surface area contributed by atoms with Gasteiger partial charge in [0.05, 0.1) is 22.7 Å². The summed E-state index contributed by atoms with van der Waals surface area (Å²) in [4.78, 5) is 24.4. The number of rotatable bonds is 5. The minimum Gasteiger partial charge on any atom is -0.397 e. The molecular weight excluding hydrogens is 282 g/mol. The molecule has 0 bridgehead atoms. The van der Waals surface area contributed by atoms with Gasteiger partial charge in [-0.05, 0) is 11.4 Å². The van der Waals surface area contributed by atoms with Gasteiger partial charge in [0.2, 0.25) is 0 Å². The van der Waals surface area contributed by atoms with E-state index in [2.05, 4.69) is 5.32 Å². The lowest BCUT2D eigenvalue weighted by Crippen LogP contribution is -2.14. The molecule has 0 aliphatic carbocycles. The van der Waals surface area contributed by atoms with Gasteiger partial charge in [0.15, 0.2) is 5.78 Å². The number of thiophene rings is 2. The van der Waals surface area contributed by atoms with E-state index in [1.807, 2.05) is 17.5 Å². The topological polar surface area (TPSA) is 98.2 Å². The number of ketones is 1. The number of nitrogens with one attached hydrogen (secondary N) is 1. The lowest BCUT2D eigenvalue weighted by Gasteiger charge is -2.04. The van der Waals surface area contributed by atoms with Gasteiger partial charge in [-0.3, -0.25) is 9.59 Å². The number of nitrogens with two attached hydrogens (primary N) is 2. The van der Waals surface area contributed by atoms with Crippen molar-refractivity contribution in [1.82, 2.24) is 0 Å². The molecule has 0 spiro atoms. The maximum Gasteiger partial charge on any atom is 0.253 e. The molecule has 5 nitrogen and oxygen atoms in total. The SMILES string of the molecule is CC(=O)c1sc(NCc2cccs2)c(C(N)=O)c1N. The van der Waals surface area contributed by atoms with E-state index in [0.717, 1.165) is 16.2 Å². The largest absolute Gasteiger partial charge is 0.397 e. The maximum atomic E-state index is 11.4. The van der Waals surface area contributed by atoms with Crippen molar-refractivity contribution < 1.29 is 9.59 Å². The van der Waals surface area contributed by atoms with Crippen LogP contribution in [0.2, 0.25) is 0 Å². The lowest BCUT2D eigenvalue weighted by molar-refractivity contribution is 0.100. The first-order valence-electron chi connectivity index (χ1n) is 5.50. The standard InChI is InChI=1S/C12H13N3O2S2/c1-6(16)10-9(13)8(11(14)17)12(19-10)15-5-7-3-2-4-18-7/h2-4,15H,5,13H2,1H3,(H2,14,17). The van der Waals surface area contributed by atoms with Crippen molar-refractivity contribution in [3.63, 3.8) is 0 Å². The zero-order valence-electron chi connectivity index (χ0n) is 10.2. The number of anilines is 2. The molecule has 5 N–H and O–H groups in total. The summed E-state index contributed by atoms with van der Waals surface area (Å²) in [6.07, 6.45) is 0. The van der Waals surface area contributed by atoms with Crippen LogP contribution in [0.3, 0.4) is 0 Å². The summed E-state index contributed by atoms with van der Waals surface area (Å²) in [7, 11) is 0. The van der Waals surface area contributed by atoms with E-state index in [9.17, 15) is 9.59 Å². The van der Waals surface area contributed by atoms with Crippen molar-refractivity contribution in [2.75, 3.05) is 11.1 Å². The number of primary amides is 1. The van der Waals surface area contributed by atoms with Gasteiger partial charge in [0.25, 0.3) is 5.91 Å². The maximum absolute atomic E-state index is 11.4. The Morgan fingerprint density at radius 1 is 1.42 bits per heavy atom. The molecule has 2 heterocycles. The Balaban J connectivity index is 2.30. The molecule has 2 aromatic rings. The zero-order chi connectivity index (χ0) is 14.0. The molecule has 0 aliphatic heterocycles. The normalized spacial score (nSPS) is 10.4. The average molecular weight is 295 g/mol. The van der Waals surface area contributed by atoms with Gasteiger partial charge in [-0.2, -0.15) is 0 Å². The van der Waals surface area contributed by atoms with E-state index in [1.54, 1.807) is 11.3 Å². The van der Waals surface area contributed by atoms with Gasteiger partial charge in [0, 0.05) is 11.8 Å². The Hall–Kier alpha value is -1.86. The Bertz CT molecular complexity index is 617. The molecule has 0 aromatic carbocycles. The number of Topliss-reactive ketones (excluding diaryl/α,β-unsaturated/α-hetero) is 1. The second-order valence-corrected chi connectivity index (χ2v) is 5.96. The van der Waals surface area contributed by atoms with E-state index >= 15 is 0 Å². The van der Waals surface area contributed by atoms with E-state index in [-0.39, 0.29) is 17.0 Å². The van der Waals surface area contributed by atoms with Crippen LogP contribution in [0.25, 0.3) is 0 Å². The number of amides is 1. The van der Waals surface area contributed by atoms with Gasteiger partial charge in [-0.15, -0.1) is 22.7 Å². The number of carbonyl (C=O) groups excluding carboxylic acids is 2. The van der Waals surface area contributed by atoms with Crippen molar-refractivity contribution in [3.8, 4) is 0 Å².